The van der Waals surface area contributed by atoms with E-state index in [1.165, 1.54) is 20.2 Å². The second kappa shape index (κ2) is 4.41. The van der Waals surface area contributed by atoms with Crippen LogP contribution in [0.4, 0.5) is 0 Å². The van der Waals surface area contributed by atoms with Crippen LogP contribution in [0.5, 0.6) is 0 Å². The van der Waals surface area contributed by atoms with Crippen LogP contribution < -0.4 is 0 Å². The van der Waals surface area contributed by atoms with Crippen LogP contribution in [0.2, 0.25) is 0 Å². The van der Waals surface area contributed by atoms with Crippen LogP contribution in [0.25, 0.3) is 0 Å². The van der Waals surface area contributed by atoms with Crippen molar-refractivity contribution >= 4 is 23.2 Å². The fourth-order valence-electron chi connectivity index (χ4n) is 1.03. The molecule has 0 atom stereocenters. The molecule has 82 valence electrons. The highest BCUT2D eigenvalue weighted by Gasteiger charge is 2.19. The maximum atomic E-state index is 11.7. The first kappa shape index (κ1) is 11.7. The largest absolute Gasteiger partial charge is 0.477 e. The first-order valence-electron chi connectivity index (χ1n) is 4.13. The molecule has 0 saturated carbocycles. The maximum Gasteiger partial charge on any atom is 0.345 e. The zero-order chi connectivity index (χ0) is 11.6. The van der Waals surface area contributed by atoms with Gasteiger partial charge in [0.2, 0.25) is 0 Å². The molecule has 5 nitrogen and oxygen atoms in total. The van der Waals surface area contributed by atoms with E-state index in [0.717, 1.165) is 16.4 Å². The van der Waals surface area contributed by atoms with Crippen molar-refractivity contribution in [2.24, 2.45) is 0 Å². The number of carboxylic acid groups (broad SMARTS) is 1. The fourth-order valence-corrected chi connectivity index (χ4v) is 2.00. The SMILES string of the molecule is CON(C)C(=O)c1sc(C(=O)O)cc1C. The molecule has 1 N–H and O–H groups in total. The number of rotatable bonds is 3. The number of carbonyl (C=O) groups excluding carboxylic acids is 1. The summed E-state index contributed by atoms with van der Waals surface area (Å²) in [6.07, 6.45) is 0. The van der Waals surface area contributed by atoms with Crippen LogP contribution in [0.1, 0.15) is 24.9 Å². The minimum Gasteiger partial charge on any atom is -0.477 e. The van der Waals surface area contributed by atoms with Crippen LogP contribution in [-0.2, 0) is 4.84 Å². The lowest BCUT2D eigenvalue weighted by Gasteiger charge is -2.12. The van der Waals surface area contributed by atoms with E-state index < -0.39 is 5.97 Å². The summed E-state index contributed by atoms with van der Waals surface area (Å²) >= 11 is 0.949. The summed E-state index contributed by atoms with van der Waals surface area (Å²) in [5, 5.41) is 9.81. The molecule has 0 aliphatic rings. The number of thiophene rings is 1. The van der Waals surface area contributed by atoms with Gasteiger partial charge in [-0.1, -0.05) is 0 Å². The molecule has 0 fully saturated rings. The van der Waals surface area contributed by atoms with Gasteiger partial charge in [-0.2, -0.15) is 0 Å². The van der Waals surface area contributed by atoms with Gasteiger partial charge >= 0.3 is 5.97 Å². The Bertz CT molecular complexity index is 399. The van der Waals surface area contributed by atoms with Gasteiger partial charge in [-0.25, -0.2) is 9.86 Å². The minimum absolute atomic E-state index is 0.153. The molecule has 1 aromatic rings. The molecule has 0 saturated heterocycles. The number of carbonyl (C=O) groups is 2. The topological polar surface area (TPSA) is 66.8 Å². The fraction of sp³-hybridized carbons (Fsp3) is 0.333. The molecular weight excluding hydrogens is 218 g/mol. The van der Waals surface area contributed by atoms with Crippen molar-refractivity contribution < 1.29 is 19.5 Å². The van der Waals surface area contributed by atoms with E-state index >= 15 is 0 Å². The molecule has 0 radical (unpaired) electrons. The van der Waals surface area contributed by atoms with E-state index in [4.69, 9.17) is 9.94 Å². The maximum absolute atomic E-state index is 11.7. The van der Waals surface area contributed by atoms with Crippen LogP contribution in [0.15, 0.2) is 6.07 Å². The number of hydrogen-bond donors (Lipinski definition) is 1. The molecule has 1 amide bonds. The zero-order valence-electron chi connectivity index (χ0n) is 8.60. The highest BCUT2D eigenvalue weighted by molar-refractivity contribution is 7.16. The van der Waals surface area contributed by atoms with E-state index in [1.54, 1.807) is 6.92 Å². The van der Waals surface area contributed by atoms with Crippen molar-refractivity contribution in [1.29, 1.82) is 0 Å². The Labute approximate surface area is 90.8 Å². The molecule has 0 aromatic carbocycles. The van der Waals surface area contributed by atoms with Gasteiger partial charge in [0.05, 0.1) is 12.0 Å². The van der Waals surface area contributed by atoms with Crippen LogP contribution in [-0.4, -0.2) is 36.2 Å². The zero-order valence-corrected chi connectivity index (χ0v) is 9.42. The Morgan fingerprint density at radius 3 is 2.53 bits per heavy atom. The molecule has 1 rings (SSSR count). The first-order valence-corrected chi connectivity index (χ1v) is 4.95. The molecule has 0 aliphatic carbocycles. The molecule has 15 heavy (non-hydrogen) atoms. The predicted molar refractivity (Wildman–Crippen MR) is 55.1 cm³/mol. The molecule has 0 spiro atoms. The van der Waals surface area contributed by atoms with Crippen LogP contribution in [0, 0.1) is 6.92 Å². The van der Waals surface area contributed by atoms with Crippen molar-refractivity contribution in [3.63, 3.8) is 0 Å². The highest BCUT2D eigenvalue weighted by atomic mass is 32.1. The number of nitrogens with zero attached hydrogens (tertiary/aromatic N) is 1. The quantitative estimate of drug-likeness (QED) is 0.795. The first-order chi connectivity index (χ1) is 6.97. The molecule has 0 aliphatic heterocycles. The van der Waals surface area contributed by atoms with Crippen LogP contribution >= 0.6 is 11.3 Å². The number of aromatic carboxylic acids is 1. The van der Waals surface area contributed by atoms with Crippen LogP contribution in [0.3, 0.4) is 0 Å². The summed E-state index contributed by atoms with van der Waals surface area (Å²) in [4.78, 5) is 27.6. The third kappa shape index (κ3) is 2.34. The minimum atomic E-state index is -1.03. The average Bonchev–Trinajstić information content (AvgIpc) is 2.58. The number of amides is 1. The summed E-state index contributed by atoms with van der Waals surface area (Å²) in [7, 11) is 2.85. The van der Waals surface area contributed by atoms with Crippen molar-refractivity contribution in [2.75, 3.05) is 14.2 Å². The van der Waals surface area contributed by atoms with E-state index in [0.29, 0.717) is 10.4 Å². The summed E-state index contributed by atoms with van der Waals surface area (Å²) in [6.45, 7) is 1.69. The number of carboxylic acids is 1. The Morgan fingerprint density at radius 1 is 1.53 bits per heavy atom. The van der Waals surface area contributed by atoms with E-state index in [2.05, 4.69) is 0 Å². The Morgan fingerprint density at radius 2 is 2.13 bits per heavy atom. The Balaban J connectivity index is 3.05. The monoisotopic (exact) mass is 229 g/mol. The lowest BCUT2D eigenvalue weighted by molar-refractivity contribution is -0.0754. The van der Waals surface area contributed by atoms with Gasteiger partial charge in [-0.15, -0.1) is 11.3 Å². The summed E-state index contributed by atoms with van der Waals surface area (Å²) < 4.78 is 0. The summed E-state index contributed by atoms with van der Waals surface area (Å²) in [5.74, 6) is -1.37. The smallest absolute Gasteiger partial charge is 0.345 e. The van der Waals surface area contributed by atoms with E-state index in [1.807, 2.05) is 0 Å². The van der Waals surface area contributed by atoms with Gasteiger partial charge in [0.15, 0.2) is 0 Å². The van der Waals surface area contributed by atoms with E-state index in [9.17, 15) is 9.59 Å². The molecule has 1 aromatic heterocycles. The number of aryl methyl sites for hydroxylation is 1. The lowest BCUT2D eigenvalue weighted by atomic mass is 10.2. The highest BCUT2D eigenvalue weighted by Crippen LogP contribution is 2.23. The van der Waals surface area contributed by atoms with Gasteiger partial charge in [-0.05, 0) is 18.6 Å². The van der Waals surface area contributed by atoms with E-state index in [-0.39, 0.29) is 10.8 Å². The third-order valence-corrected chi connectivity index (χ3v) is 3.10. The Hall–Kier alpha value is -1.40. The Kier molecular flexibility index (Phi) is 3.43. The summed E-state index contributed by atoms with van der Waals surface area (Å²) in [6, 6.07) is 1.48. The average molecular weight is 229 g/mol. The van der Waals surface area contributed by atoms with Gasteiger partial charge in [0.1, 0.15) is 4.88 Å². The lowest BCUT2D eigenvalue weighted by Crippen LogP contribution is -2.25. The molecular formula is C9H11NO4S. The number of hydroxylamine groups is 2. The second-order valence-electron chi connectivity index (χ2n) is 2.91. The summed E-state index contributed by atoms with van der Waals surface area (Å²) in [5.41, 5.74) is 0.645. The standard InChI is InChI=1S/C9H11NO4S/c1-5-4-6(9(12)13)15-7(5)8(11)10(2)14-3/h4H,1-3H3,(H,12,13). The van der Waals surface area contributed by atoms with Gasteiger partial charge in [0, 0.05) is 7.05 Å². The van der Waals surface area contributed by atoms with Gasteiger partial charge < -0.3 is 5.11 Å². The third-order valence-electron chi connectivity index (χ3n) is 1.88. The molecule has 6 heteroatoms. The van der Waals surface area contributed by atoms with Gasteiger partial charge in [-0.3, -0.25) is 9.63 Å². The molecule has 1 heterocycles. The van der Waals surface area contributed by atoms with Crippen molar-refractivity contribution in [3.05, 3.63) is 21.4 Å². The normalized spacial score (nSPS) is 10.1. The number of hydrogen-bond acceptors (Lipinski definition) is 4. The van der Waals surface area contributed by atoms with Crippen molar-refractivity contribution in [1.82, 2.24) is 5.06 Å². The molecule has 0 unspecified atom stereocenters. The van der Waals surface area contributed by atoms with Crippen molar-refractivity contribution in [3.8, 4) is 0 Å². The van der Waals surface area contributed by atoms with Crippen molar-refractivity contribution in [2.45, 2.75) is 6.92 Å². The molecule has 0 bridgehead atoms. The second-order valence-corrected chi connectivity index (χ2v) is 3.97. The predicted octanol–water partition coefficient (Wildman–Crippen LogP) is 1.39. The van der Waals surface area contributed by atoms with Gasteiger partial charge in [0.25, 0.3) is 5.91 Å².